The van der Waals surface area contributed by atoms with Crippen LogP contribution >= 0.6 is 0 Å². The van der Waals surface area contributed by atoms with Gasteiger partial charge in [0.15, 0.2) is 11.5 Å². The highest BCUT2D eigenvalue weighted by molar-refractivity contribution is 5.79. The molecule has 0 spiro atoms. The van der Waals surface area contributed by atoms with Crippen LogP contribution in [0.3, 0.4) is 0 Å². The molecule has 3 aromatic rings. The molecule has 152 valence electrons. The molecule has 0 aliphatic carbocycles. The van der Waals surface area contributed by atoms with Crippen molar-refractivity contribution in [1.82, 2.24) is 25.1 Å². The highest BCUT2D eigenvalue weighted by atomic mass is 19.1. The van der Waals surface area contributed by atoms with E-state index in [-0.39, 0.29) is 23.6 Å². The maximum Gasteiger partial charge on any atom is 0.225 e. The van der Waals surface area contributed by atoms with Gasteiger partial charge >= 0.3 is 0 Å². The molecule has 0 unspecified atom stereocenters. The summed E-state index contributed by atoms with van der Waals surface area (Å²) in [5, 5.41) is 16.1. The van der Waals surface area contributed by atoms with Gasteiger partial charge in [-0.15, -0.1) is 15.3 Å². The first kappa shape index (κ1) is 19.3. The van der Waals surface area contributed by atoms with E-state index in [1.165, 1.54) is 12.1 Å². The van der Waals surface area contributed by atoms with Crippen LogP contribution in [0, 0.1) is 11.7 Å². The molecule has 1 N–H and O–H groups in total. The van der Waals surface area contributed by atoms with E-state index < -0.39 is 0 Å². The minimum atomic E-state index is -0.277. The molecule has 8 heteroatoms. The highest BCUT2D eigenvalue weighted by Gasteiger charge is 2.27. The predicted molar refractivity (Wildman–Crippen MR) is 108 cm³/mol. The summed E-state index contributed by atoms with van der Waals surface area (Å²) in [6.45, 7) is 6.00. The van der Waals surface area contributed by atoms with Crippen molar-refractivity contribution in [2.45, 2.75) is 39.2 Å². The van der Waals surface area contributed by atoms with E-state index >= 15 is 0 Å². The van der Waals surface area contributed by atoms with Crippen LogP contribution in [0.5, 0.6) is 0 Å². The van der Waals surface area contributed by atoms with E-state index in [9.17, 15) is 9.18 Å². The van der Waals surface area contributed by atoms with E-state index in [4.69, 9.17) is 5.10 Å². The van der Waals surface area contributed by atoms with Crippen LogP contribution in [0.15, 0.2) is 36.4 Å². The number of halogens is 1. The number of amides is 1. The Morgan fingerprint density at radius 1 is 1.21 bits per heavy atom. The van der Waals surface area contributed by atoms with Gasteiger partial charge in [0.25, 0.3) is 0 Å². The summed E-state index contributed by atoms with van der Waals surface area (Å²) in [5.74, 6) is 1.52. The second-order valence-electron chi connectivity index (χ2n) is 7.80. The third kappa shape index (κ3) is 4.21. The van der Waals surface area contributed by atoms with Crippen molar-refractivity contribution in [2.75, 3.05) is 18.0 Å². The number of rotatable bonds is 5. The molecule has 0 bridgehead atoms. The SMILES string of the molecule is CC(C)c1nnc2ccc(N3CCC[C@H](C(=O)NCc4ccc(F)cc4)C3)nn12. The molecule has 2 aromatic heterocycles. The summed E-state index contributed by atoms with van der Waals surface area (Å²) in [4.78, 5) is 14.8. The summed E-state index contributed by atoms with van der Waals surface area (Å²) in [6.07, 6.45) is 1.77. The first-order valence-electron chi connectivity index (χ1n) is 10.0. The number of nitrogens with zero attached hydrogens (tertiary/aromatic N) is 5. The topological polar surface area (TPSA) is 75.4 Å². The third-order valence-electron chi connectivity index (χ3n) is 5.29. The Morgan fingerprint density at radius 3 is 2.76 bits per heavy atom. The molecule has 1 atom stereocenters. The second kappa shape index (κ2) is 8.14. The number of hydrogen-bond acceptors (Lipinski definition) is 5. The zero-order valence-corrected chi connectivity index (χ0v) is 16.7. The van der Waals surface area contributed by atoms with Gasteiger partial charge in [0, 0.05) is 25.6 Å². The summed E-state index contributed by atoms with van der Waals surface area (Å²) in [6, 6.07) is 10.0. The van der Waals surface area contributed by atoms with Gasteiger partial charge in [-0.3, -0.25) is 4.79 Å². The average molecular weight is 396 g/mol. The average Bonchev–Trinajstić information content (AvgIpc) is 3.17. The van der Waals surface area contributed by atoms with Gasteiger partial charge in [-0.05, 0) is 42.7 Å². The summed E-state index contributed by atoms with van der Waals surface area (Å²) >= 11 is 0. The van der Waals surface area contributed by atoms with Crippen LogP contribution in [-0.4, -0.2) is 38.8 Å². The normalized spacial score (nSPS) is 17.1. The molecule has 3 heterocycles. The predicted octanol–water partition coefficient (Wildman–Crippen LogP) is 2.92. The Labute approximate surface area is 168 Å². The molecule has 7 nitrogen and oxygen atoms in total. The lowest BCUT2D eigenvalue weighted by molar-refractivity contribution is -0.125. The first-order chi connectivity index (χ1) is 14.0. The fourth-order valence-corrected chi connectivity index (χ4v) is 3.66. The minimum absolute atomic E-state index is 0.0206. The van der Waals surface area contributed by atoms with Crippen LogP contribution in [0.2, 0.25) is 0 Å². The molecule has 0 saturated carbocycles. The maximum atomic E-state index is 13.0. The Balaban J connectivity index is 1.43. The molecule has 1 amide bonds. The van der Waals surface area contributed by atoms with Crippen LogP contribution in [-0.2, 0) is 11.3 Å². The Kier molecular flexibility index (Phi) is 5.42. The number of fused-ring (bicyclic) bond motifs is 1. The maximum absolute atomic E-state index is 13.0. The number of nitrogens with one attached hydrogen (secondary N) is 1. The number of carbonyl (C=O) groups is 1. The number of benzene rings is 1. The van der Waals surface area contributed by atoms with Crippen LogP contribution in [0.1, 0.15) is 44.0 Å². The van der Waals surface area contributed by atoms with Crippen molar-refractivity contribution in [2.24, 2.45) is 5.92 Å². The molecule has 4 rings (SSSR count). The fourth-order valence-electron chi connectivity index (χ4n) is 3.66. The van der Waals surface area contributed by atoms with Crippen molar-refractivity contribution in [3.63, 3.8) is 0 Å². The quantitative estimate of drug-likeness (QED) is 0.718. The van der Waals surface area contributed by atoms with Gasteiger partial charge in [-0.2, -0.15) is 4.52 Å². The lowest BCUT2D eigenvalue weighted by Gasteiger charge is -2.32. The van der Waals surface area contributed by atoms with E-state index in [1.807, 2.05) is 12.1 Å². The molecule has 1 aliphatic rings. The molecule has 1 fully saturated rings. The van der Waals surface area contributed by atoms with Gasteiger partial charge in [-0.25, -0.2) is 4.39 Å². The van der Waals surface area contributed by atoms with Crippen molar-refractivity contribution < 1.29 is 9.18 Å². The van der Waals surface area contributed by atoms with Crippen LogP contribution < -0.4 is 10.2 Å². The number of carbonyl (C=O) groups excluding carboxylic acids is 1. The Hall–Kier alpha value is -3.03. The van der Waals surface area contributed by atoms with Crippen molar-refractivity contribution in [3.05, 3.63) is 53.6 Å². The minimum Gasteiger partial charge on any atom is -0.354 e. The molecular formula is C21H25FN6O. The first-order valence-corrected chi connectivity index (χ1v) is 10.0. The Morgan fingerprint density at radius 2 is 2.00 bits per heavy atom. The molecule has 1 aromatic carbocycles. The zero-order chi connectivity index (χ0) is 20.4. The van der Waals surface area contributed by atoms with E-state index in [2.05, 4.69) is 34.3 Å². The Bertz CT molecular complexity index is 1000. The number of anilines is 1. The third-order valence-corrected chi connectivity index (χ3v) is 5.29. The smallest absolute Gasteiger partial charge is 0.225 e. The summed E-state index contributed by atoms with van der Waals surface area (Å²) in [7, 11) is 0. The monoisotopic (exact) mass is 396 g/mol. The van der Waals surface area contributed by atoms with Gasteiger partial charge in [-0.1, -0.05) is 26.0 Å². The van der Waals surface area contributed by atoms with Gasteiger partial charge < -0.3 is 10.2 Å². The van der Waals surface area contributed by atoms with Gasteiger partial charge in [0.05, 0.1) is 5.92 Å². The molecule has 1 aliphatic heterocycles. The molecule has 0 radical (unpaired) electrons. The van der Waals surface area contributed by atoms with Crippen molar-refractivity contribution in [1.29, 1.82) is 0 Å². The van der Waals surface area contributed by atoms with Crippen molar-refractivity contribution in [3.8, 4) is 0 Å². The van der Waals surface area contributed by atoms with Crippen LogP contribution in [0.4, 0.5) is 10.2 Å². The summed E-state index contributed by atoms with van der Waals surface area (Å²) in [5.41, 5.74) is 1.61. The fraction of sp³-hybridized carbons (Fsp3) is 0.429. The van der Waals surface area contributed by atoms with E-state index in [0.29, 0.717) is 13.1 Å². The molecule has 29 heavy (non-hydrogen) atoms. The zero-order valence-electron chi connectivity index (χ0n) is 16.7. The van der Waals surface area contributed by atoms with Crippen molar-refractivity contribution >= 4 is 17.4 Å². The number of hydrogen-bond donors (Lipinski definition) is 1. The lowest BCUT2D eigenvalue weighted by Crippen LogP contribution is -2.43. The largest absolute Gasteiger partial charge is 0.354 e. The highest BCUT2D eigenvalue weighted by Crippen LogP contribution is 2.23. The lowest BCUT2D eigenvalue weighted by atomic mass is 9.97. The van der Waals surface area contributed by atoms with Crippen LogP contribution in [0.25, 0.3) is 5.65 Å². The van der Waals surface area contributed by atoms with E-state index in [0.717, 1.165) is 42.2 Å². The van der Waals surface area contributed by atoms with Gasteiger partial charge in [0.2, 0.25) is 5.91 Å². The second-order valence-corrected chi connectivity index (χ2v) is 7.80. The molecular weight excluding hydrogens is 371 g/mol. The summed E-state index contributed by atoms with van der Waals surface area (Å²) < 4.78 is 14.8. The number of aromatic nitrogens is 4. The van der Waals surface area contributed by atoms with E-state index in [1.54, 1.807) is 16.6 Å². The molecule has 1 saturated heterocycles. The van der Waals surface area contributed by atoms with Gasteiger partial charge in [0.1, 0.15) is 11.6 Å². The number of piperidine rings is 1. The standard InChI is InChI=1S/C21H25FN6O/c1-14(2)20-25-24-18-9-10-19(26-28(18)20)27-11-3-4-16(13-27)21(29)23-12-15-5-7-17(22)8-6-15/h5-10,14,16H,3-4,11-13H2,1-2H3,(H,23,29)/t16-/m0/s1.